The summed E-state index contributed by atoms with van der Waals surface area (Å²) in [7, 11) is 0. The molecule has 3 aliphatic rings. The lowest BCUT2D eigenvalue weighted by molar-refractivity contribution is 0.0679. The minimum absolute atomic E-state index is 0.000956. The average Bonchev–Trinajstić information content (AvgIpc) is 3.42. The lowest BCUT2D eigenvalue weighted by atomic mass is 9.83. The van der Waals surface area contributed by atoms with E-state index in [0.717, 1.165) is 44.5 Å². The average molecular weight is 477 g/mol. The number of nitrogens with one attached hydrogen (secondary N) is 1. The Morgan fingerprint density at radius 3 is 2.77 bits per heavy atom. The Hall–Kier alpha value is -2.37. The van der Waals surface area contributed by atoms with Crippen molar-refractivity contribution in [3.8, 4) is 5.75 Å². The SMILES string of the molecule is CCCN1CCCC(c2ccc3c(c2)CC[C@H](NC(=O)c2ccc(OC[C@@H]4CCCO4)cc2)C3)C1. The van der Waals surface area contributed by atoms with Gasteiger partial charge < -0.3 is 19.7 Å². The molecule has 3 atom stereocenters. The van der Waals surface area contributed by atoms with Crippen molar-refractivity contribution in [1.82, 2.24) is 10.2 Å². The van der Waals surface area contributed by atoms with Gasteiger partial charge in [0.2, 0.25) is 0 Å². The van der Waals surface area contributed by atoms with Gasteiger partial charge in [-0.05, 0) is 111 Å². The topological polar surface area (TPSA) is 50.8 Å². The number of hydrogen-bond donors (Lipinski definition) is 1. The monoisotopic (exact) mass is 476 g/mol. The van der Waals surface area contributed by atoms with Crippen LogP contribution in [0.2, 0.25) is 0 Å². The number of fused-ring (bicyclic) bond motifs is 1. The van der Waals surface area contributed by atoms with E-state index in [-0.39, 0.29) is 18.1 Å². The Bertz CT molecular complexity index is 982. The van der Waals surface area contributed by atoms with E-state index in [2.05, 4.69) is 35.3 Å². The van der Waals surface area contributed by atoms with E-state index in [1.165, 1.54) is 55.6 Å². The van der Waals surface area contributed by atoms with Crippen LogP contribution >= 0.6 is 0 Å². The smallest absolute Gasteiger partial charge is 0.251 e. The molecule has 1 amide bonds. The van der Waals surface area contributed by atoms with Crippen LogP contribution in [-0.4, -0.2) is 55.8 Å². The second-order valence-electron chi connectivity index (χ2n) is 10.6. The molecule has 2 aromatic carbocycles. The summed E-state index contributed by atoms with van der Waals surface area (Å²) in [5, 5.41) is 3.26. The first-order valence-electron chi connectivity index (χ1n) is 13.7. The van der Waals surface area contributed by atoms with Gasteiger partial charge in [0.05, 0.1) is 6.10 Å². The van der Waals surface area contributed by atoms with Crippen LogP contribution in [0.15, 0.2) is 42.5 Å². The minimum atomic E-state index is -0.000956. The number of carbonyl (C=O) groups excluding carboxylic acids is 1. The molecule has 0 spiro atoms. The van der Waals surface area contributed by atoms with Gasteiger partial charge in [0, 0.05) is 24.8 Å². The summed E-state index contributed by atoms with van der Waals surface area (Å²) >= 11 is 0. The van der Waals surface area contributed by atoms with E-state index in [1.54, 1.807) is 0 Å². The Balaban J connectivity index is 1.13. The molecule has 5 nitrogen and oxygen atoms in total. The van der Waals surface area contributed by atoms with Gasteiger partial charge in [-0.15, -0.1) is 0 Å². The molecule has 2 saturated heterocycles. The molecule has 0 bridgehead atoms. The highest BCUT2D eigenvalue weighted by Crippen LogP contribution is 2.31. The first-order valence-corrected chi connectivity index (χ1v) is 13.7. The predicted molar refractivity (Wildman–Crippen MR) is 139 cm³/mol. The third-order valence-electron chi connectivity index (χ3n) is 7.89. The van der Waals surface area contributed by atoms with E-state index in [4.69, 9.17) is 9.47 Å². The molecule has 1 aliphatic carbocycles. The summed E-state index contributed by atoms with van der Waals surface area (Å²) in [4.78, 5) is 15.5. The number of rotatable bonds is 8. The van der Waals surface area contributed by atoms with E-state index >= 15 is 0 Å². The lowest BCUT2D eigenvalue weighted by Gasteiger charge is -2.33. The molecule has 0 aromatic heterocycles. The van der Waals surface area contributed by atoms with Gasteiger partial charge in [-0.3, -0.25) is 4.79 Å². The molecule has 0 radical (unpaired) electrons. The summed E-state index contributed by atoms with van der Waals surface area (Å²) in [6.45, 7) is 7.35. The van der Waals surface area contributed by atoms with Crippen molar-refractivity contribution in [2.45, 2.75) is 76.4 Å². The number of likely N-dealkylation sites (tertiary alicyclic amines) is 1. The lowest BCUT2D eigenvalue weighted by Crippen LogP contribution is -2.39. The highest BCUT2D eigenvalue weighted by Gasteiger charge is 2.25. The van der Waals surface area contributed by atoms with Crippen LogP contribution in [0.4, 0.5) is 0 Å². The van der Waals surface area contributed by atoms with Gasteiger partial charge in [0.15, 0.2) is 0 Å². The second kappa shape index (κ2) is 11.6. The van der Waals surface area contributed by atoms with Crippen molar-refractivity contribution in [3.05, 3.63) is 64.7 Å². The Morgan fingerprint density at radius 1 is 1.09 bits per heavy atom. The third-order valence-corrected chi connectivity index (χ3v) is 7.89. The van der Waals surface area contributed by atoms with Crippen molar-refractivity contribution in [3.63, 3.8) is 0 Å². The molecular formula is C30H40N2O3. The maximum absolute atomic E-state index is 12.9. The highest BCUT2D eigenvalue weighted by atomic mass is 16.5. The third kappa shape index (κ3) is 6.25. The van der Waals surface area contributed by atoms with Gasteiger partial charge in [-0.1, -0.05) is 25.1 Å². The van der Waals surface area contributed by atoms with Crippen molar-refractivity contribution >= 4 is 5.91 Å². The quantitative estimate of drug-likeness (QED) is 0.575. The number of amides is 1. The van der Waals surface area contributed by atoms with Crippen molar-refractivity contribution < 1.29 is 14.3 Å². The van der Waals surface area contributed by atoms with Crippen LogP contribution in [0, 0.1) is 0 Å². The standard InChI is InChI=1S/C30H40N2O3/c1-2-15-32-16-3-5-26(20-32)24-7-8-25-19-27(12-9-23(25)18-24)31-30(33)22-10-13-28(14-11-22)35-21-29-6-4-17-34-29/h7-8,10-11,13-14,18,26-27,29H,2-6,9,12,15-17,19-21H2,1H3,(H,31,33)/t26?,27-,29-/m0/s1. The molecule has 2 heterocycles. The van der Waals surface area contributed by atoms with Gasteiger partial charge >= 0.3 is 0 Å². The highest BCUT2D eigenvalue weighted by molar-refractivity contribution is 5.94. The zero-order valence-electron chi connectivity index (χ0n) is 21.1. The number of nitrogens with zero attached hydrogens (tertiary/aromatic N) is 1. The zero-order chi connectivity index (χ0) is 24.0. The van der Waals surface area contributed by atoms with Crippen molar-refractivity contribution in [2.24, 2.45) is 0 Å². The summed E-state index contributed by atoms with van der Waals surface area (Å²) in [5.41, 5.74) is 5.07. The van der Waals surface area contributed by atoms with Crippen molar-refractivity contribution in [1.29, 1.82) is 0 Å². The van der Waals surface area contributed by atoms with E-state index in [9.17, 15) is 4.79 Å². The number of ether oxygens (including phenoxy) is 2. The number of benzene rings is 2. The molecule has 1 unspecified atom stereocenters. The maximum Gasteiger partial charge on any atom is 0.251 e. The van der Waals surface area contributed by atoms with Crippen LogP contribution in [0.25, 0.3) is 0 Å². The molecule has 188 valence electrons. The fraction of sp³-hybridized carbons (Fsp3) is 0.567. The molecule has 35 heavy (non-hydrogen) atoms. The van der Waals surface area contributed by atoms with Crippen LogP contribution < -0.4 is 10.1 Å². The molecule has 5 heteroatoms. The van der Waals surface area contributed by atoms with Gasteiger partial charge in [0.25, 0.3) is 5.91 Å². The molecule has 2 aliphatic heterocycles. The van der Waals surface area contributed by atoms with E-state index in [0.29, 0.717) is 18.1 Å². The molecule has 2 fully saturated rings. The molecular weight excluding hydrogens is 436 g/mol. The van der Waals surface area contributed by atoms with Gasteiger partial charge in [-0.2, -0.15) is 0 Å². The summed E-state index contributed by atoms with van der Waals surface area (Å²) in [6, 6.07) is 14.8. The van der Waals surface area contributed by atoms with Crippen LogP contribution in [-0.2, 0) is 17.6 Å². The first-order chi connectivity index (χ1) is 17.2. The largest absolute Gasteiger partial charge is 0.491 e. The fourth-order valence-electron chi connectivity index (χ4n) is 5.94. The normalized spacial score (nSPS) is 24.7. The second-order valence-corrected chi connectivity index (χ2v) is 10.6. The Labute approximate surface area is 210 Å². The molecule has 2 aromatic rings. The minimum Gasteiger partial charge on any atom is -0.491 e. The fourth-order valence-corrected chi connectivity index (χ4v) is 5.94. The van der Waals surface area contributed by atoms with Crippen LogP contribution in [0.3, 0.4) is 0 Å². The van der Waals surface area contributed by atoms with E-state index in [1.807, 2.05) is 24.3 Å². The zero-order valence-corrected chi connectivity index (χ0v) is 21.1. The number of piperidine rings is 1. The molecule has 1 N–H and O–H groups in total. The summed E-state index contributed by atoms with van der Waals surface area (Å²) in [6.07, 6.45) is 9.15. The van der Waals surface area contributed by atoms with Gasteiger partial charge in [-0.25, -0.2) is 0 Å². The maximum atomic E-state index is 12.9. The van der Waals surface area contributed by atoms with Crippen LogP contribution in [0.1, 0.15) is 78.4 Å². The van der Waals surface area contributed by atoms with Crippen molar-refractivity contribution in [2.75, 3.05) is 32.8 Å². The molecule has 0 saturated carbocycles. The number of aryl methyl sites for hydroxylation is 1. The van der Waals surface area contributed by atoms with Gasteiger partial charge in [0.1, 0.15) is 12.4 Å². The first kappa shape index (κ1) is 24.3. The number of hydrogen-bond acceptors (Lipinski definition) is 4. The van der Waals surface area contributed by atoms with Crippen LogP contribution in [0.5, 0.6) is 5.75 Å². The van der Waals surface area contributed by atoms with E-state index < -0.39 is 0 Å². The predicted octanol–water partition coefficient (Wildman–Crippen LogP) is 5.12. The Kier molecular flexibility index (Phi) is 8.05. The molecule has 5 rings (SSSR count). The number of carbonyl (C=O) groups is 1. The summed E-state index contributed by atoms with van der Waals surface area (Å²) in [5.74, 6) is 1.45. The summed E-state index contributed by atoms with van der Waals surface area (Å²) < 4.78 is 11.4. The Morgan fingerprint density at radius 2 is 1.97 bits per heavy atom.